The third-order valence-corrected chi connectivity index (χ3v) is 4.00. The van der Waals surface area contributed by atoms with E-state index in [2.05, 4.69) is 11.9 Å². The van der Waals surface area contributed by atoms with Crippen molar-refractivity contribution >= 4 is 28.9 Å². The molecule has 5 nitrogen and oxygen atoms in total. The van der Waals surface area contributed by atoms with Gasteiger partial charge in [-0.1, -0.05) is 19.8 Å². The first kappa shape index (κ1) is 20.6. The van der Waals surface area contributed by atoms with E-state index in [-0.39, 0.29) is 17.5 Å². The van der Waals surface area contributed by atoms with E-state index in [9.17, 15) is 15.2 Å². The summed E-state index contributed by atoms with van der Waals surface area (Å²) in [6.07, 6.45) is 6.22. The molecule has 1 aliphatic rings. The van der Waals surface area contributed by atoms with Crippen LogP contribution in [0.4, 0.5) is 5.69 Å². The van der Waals surface area contributed by atoms with Gasteiger partial charge in [0, 0.05) is 23.9 Å². The van der Waals surface area contributed by atoms with Gasteiger partial charge in [0.25, 0.3) is 5.69 Å². The van der Waals surface area contributed by atoms with Gasteiger partial charge in [-0.05, 0) is 31.2 Å². The minimum atomic E-state index is -0.826. The van der Waals surface area contributed by atoms with Crippen LogP contribution in [0.25, 0.3) is 0 Å². The van der Waals surface area contributed by atoms with Crippen molar-refractivity contribution in [1.29, 1.82) is 0 Å². The molecule has 1 aliphatic carbocycles. The molecule has 1 N–H and O–H groups in total. The van der Waals surface area contributed by atoms with Gasteiger partial charge in [-0.2, -0.15) is 0 Å². The summed E-state index contributed by atoms with van der Waals surface area (Å²) in [7, 11) is 9.87. The molecule has 0 heterocycles. The van der Waals surface area contributed by atoms with Crippen LogP contribution in [0, 0.1) is 23.0 Å². The van der Waals surface area contributed by atoms with Crippen LogP contribution in [0.5, 0.6) is 5.75 Å². The van der Waals surface area contributed by atoms with E-state index >= 15 is 0 Å². The fourth-order valence-corrected chi connectivity index (χ4v) is 2.69. The molecule has 2 rings (SSSR count). The summed E-state index contributed by atoms with van der Waals surface area (Å²) < 4.78 is 0. The molecule has 1 fully saturated rings. The quantitative estimate of drug-likeness (QED) is 0.411. The van der Waals surface area contributed by atoms with Crippen LogP contribution in [0.2, 0.25) is 0 Å². The summed E-state index contributed by atoms with van der Waals surface area (Å²) in [5.41, 5.74) is 0.908. The number of aliphatic imine (C=N–C) groups is 1. The third kappa shape index (κ3) is 6.52. The number of hydrogen-bond acceptors (Lipinski definition) is 4. The van der Waals surface area contributed by atoms with Crippen LogP contribution in [0.3, 0.4) is 0 Å². The molecule has 8 heteroatoms. The molecule has 0 spiro atoms. The fraction of sp³-hybridized carbons (Fsp3) is 0.533. The van der Waals surface area contributed by atoms with Gasteiger partial charge in [-0.25, -0.2) is 0 Å². The first-order chi connectivity index (χ1) is 10.9. The number of benzene rings is 1. The molecule has 2 unspecified atom stereocenters. The van der Waals surface area contributed by atoms with Crippen LogP contribution in [0.15, 0.2) is 17.1 Å². The Kier molecular flexibility index (Phi) is 9.34. The Morgan fingerprint density at radius 3 is 2.57 bits per heavy atom. The van der Waals surface area contributed by atoms with Gasteiger partial charge in [0.1, 0.15) is 5.75 Å². The number of nitro groups is 1. The summed E-state index contributed by atoms with van der Waals surface area (Å²) >= 11 is -0.826. The second kappa shape index (κ2) is 10.4. The second-order valence-corrected chi connectivity index (χ2v) is 9.37. The van der Waals surface area contributed by atoms with Gasteiger partial charge in [0.2, 0.25) is 0 Å². The van der Waals surface area contributed by atoms with Gasteiger partial charge in [0.15, 0.2) is 0 Å². The monoisotopic (exact) mass is 436 g/mol. The fourth-order valence-electron chi connectivity index (χ4n) is 2.69. The number of halogens is 2. The molecular formula is C15H20Cl2N2O3Zr. The number of phenolic OH excluding ortho intramolecular Hbond substituents is 1. The van der Waals surface area contributed by atoms with E-state index in [1.165, 1.54) is 31.4 Å². The molecule has 2 atom stereocenters. The summed E-state index contributed by atoms with van der Waals surface area (Å²) in [4.78, 5) is 14.9. The maximum atomic E-state index is 10.9. The van der Waals surface area contributed by atoms with E-state index in [1.54, 1.807) is 13.1 Å². The van der Waals surface area contributed by atoms with Crippen LogP contribution >= 0.6 is 17.0 Å². The number of phenols is 1. The topological polar surface area (TPSA) is 75.7 Å². The zero-order valence-electron chi connectivity index (χ0n) is 13.1. The van der Waals surface area contributed by atoms with Crippen LogP contribution in [0.1, 0.15) is 43.7 Å². The first-order valence-corrected chi connectivity index (χ1v) is 13.7. The summed E-state index contributed by atoms with van der Waals surface area (Å²) in [5, 5.41) is 20.8. The van der Waals surface area contributed by atoms with Crippen molar-refractivity contribution in [3.05, 3.63) is 33.4 Å². The Bertz CT molecular complexity index is 570. The number of nitro benzene ring substituents is 1. The van der Waals surface area contributed by atoms with E-state index in [0.29, 0.717) is 17.0 Å². The molecule has 1 aromatic rings. The predicted molar refractivity (Wildman–Crippen MR) is 90.2 cm³/mol. The van der Waals surface area contributed by atoms with E-state index in [1.807, 2.05) is 0 Å². The van der Waals surface area contributed by atoms with Gasteiger partial charge in [-0.3, -0.25) is 15.1 Å². The van der Waals surface area contributed by atoms with Crippen molar-refractivity contribution in [2.75, 3.05) is 0 Å². The zero-order chi connectivity index (χ0) is 17.4. The SMILES string of the molecule is Cc1cc([N+](=O)[O-])cc(C=NC2CCCCC2C)c1O.[Cl][Zr][Cl]. The molecular weight excluding hydrogens is 418 g/mol. The molecule has 0 bridgehead atoms. The van der Waals surface area contributed by atoms with Crippen molar-refractivity contribution in [3.8, 4) is 5.75 Å². The Hall–Kier alpha value is -0.447. The average Bonchev–Trinajstić information content (AvgIpc) is 2.50. The molecule has 0 amide bonds. The zero-order valence-corrected chi connectivity index (χ0v) is 17.1. The van der Waals surface area contributed by atoms with Gasteiger partial charge >= 0.3 is 37.9 Å². The van der Waals surface area contributed by atoms with Crippen molar-refractivity contribution in [2.24, 2.45) is 10.9 Å². The van der Waals surface area contributed by atoms with Gasteiger partial charge in [0.05, 0.1) is 11.0 Å². The number of hydrogen-bond donors (Lipinski definition) is 1. The Balaban J connectivity index is 0.000000816. The Morgan fingerprint density at radius 1 is 1.39 bits per heavy atom. The predicted octanol–water partition coefficient (Wildman–Crippen LogP) is 4.98. The number of nitrogens with zero attached hydrogens (tertiary/aromatic N) is 2. The van der Waals surface area contributed by atoms with Crippen molar-refractivity contribution in [1.82, 2.24) is 0 Å². The Morgan fingerprint density at radius 2 is 2.00 bits per heavy atom. The van der Waals surface area contributed by atoms with Gasteiger partial charge in [-0.15, -0.1) is 0 Å². The average molecular weight is 438 g/mol. The van der Waals surface area contributed by atoms with Gasteiger partial charge < -0.3 is 5.11 Å². The normalized spacial score (nSPS) is 20.7. The number of non-ortho nitro benzene ring substituents is 1. The second-order valence-electron chi connectivity index (χ2n) is 5.64. The third-order valence-electron chi connectivity index (χ3n) is 4.00. The molecule has 0 aromatic heterocycles. The minimum absolute atomic E-state index is 0.0153. The molecule has 1 saturated carbocycles. The van der Waals surface area contributed by atoms with Crippen LogP contribution in [-0.4, -0.2) is 22.3 Å². The number of aromatic hydroxyl groups is 1. The number of rotatable bonds is 3. The molecule has 23 heavy (non-hydrogen) atoms. The molecule has 0 saturated heterocycles. The van der Waals surface area contributed by atoms with Crippen molar-refractivity contribution in [2.45, 2.75) is 45.6 Å². The van der Waals surface area contributed by atoms with E-state index < -0.39 is 25.8 Å². The molecule has 126 valence electrons. The maximum absolute atomic E-state index is 10.9. The van der Waals surface area contributed by atoms with Crippen LogP contribution in [-0.2, 0) is 20.8 Å². The molecule has 0 radical (unpaired) electrons. The Labute approximate surface area is 154 Å². The van der Waals surface area contributed by atoms with Crippen LogP contribution < -0.4 is 0 Å². The standard InChI is InChI=1S/C15H20N2O3.2ClH.Zr/c1-10-5-3-4-6-14(10)16-9-12-8-13(17(19)20)7-11(2)15(12)18;;;/h7-10,14,18H,3-6H2,1-2H3;2*1H;/q;;;+2/p-2. The van der Waals surface area contributed by atoms with Crippen molar-refractivity contribution < 1.29 is 30.9 Å². The molecule has 0 aliphatic heterocycles. The summed E-state index contributed by atoms with van der Waals surface area (Å²) in [6.45, 7) is 3.84. The van der Waals surface area contributed by atoms with E-state index in [4.69, 9.17) is 17.0 Å². The first-order valence-electron chi connectivity index (χ1n) is 7.38. The summed E-state index contributed by atoms with van der Waals surface area (Å²) in [6, 6.07) is 3.00. The molecule has 1 aromatic carbocycles. The number of aryl methyl sites for hydroxylation is 1. The van der Waals surface area contributed by atoms with Crippen molar-refractivity contribution in [3.63, 3.8) is 0 Å². The summed E-state index contributed by atoms with van der Waals surface area (Å²) in [5.74, 6) is 0.602. The van der Waals surface area contributed by atoms with E-state index in [0.717, 1.165) is 6.42 Å².